The molecule has 1 aromatic rings. The van der Waals surface area contributed by atoms with Crippen LogP contribution in [0.5, 0.6) is 5.75 Å². The second-order valence-corrected chi connectivity index (χ2v) is 7.76. The zero-order valence-electron chi connectivity index (χ0n) is 12.6. The average Bonchev–Trinajstić information content (AvgIpc) is 2.12. The highest BCUT2D eigenvalue weighted by atomic mass is 79.9. The fraction of sp³-hybridized carbons (Fsp3) is 0.600. The molecule has 0 amide bonds. The minimum atomic E-state index is -0.293. The maximum atomic E-state index is 10.7. The number of hydrogen-bond donors (Lipinski definition) is 3. The first-order valence-electron chi connectivity index (χ1n) is 6.37. The van der Waals surface area contributed by atoms with Gasteiger partial charge in [0.2, 0.25) is 0 Å². The number of phenolic OH excluding ortho intramolecular Hbond substituents is 1. The molecule has 0 saturated carbocycles. The van der Waals surface area contributed by atoms with Crippen LogP contribution < -0.4 is 5.73 Å². The van der Waals surface area contributed by atoms with E-state index in [1.165, 1.54) is 0 Å². The molecule has 19 heavy (non-hydrogen) atoms. The highest BCUT2D eigenvalue weighted by Crippen LogP contribution is 2.48. The van der Waals surface area contributed by atoms with E-state index in [4.69, 9.17) is 5.73 Å². The number of anilines is 1. The fourth-order valence-corrected chi connectivity index (χ4v) is 3.50. The molecule has 1 rings (SSSR count). The summed E-state index contributed by atoms with van der Waals surface area (Å²) in [5.41, 5.74) is 8.20. The van der Waals surface area contributed by atoms with Crippen LogP contribution in [-0.4, -0.2) is 10.2 Å². The highest BCUT2D eigenvalue weighted by molar-refractivity contribution is 9.10. The normalized spacial score (nSPS) is 12.8. The fourth-order valence-electron chi connectivity index (χ4n) is 2.37. The van der Waals surface area contributed by atoms with Crippen molar-refractivity contribution in [3.8, 4) is 5.75 Å². The quantitative estimate of drug-likeness (QED) is 0.686. The Bertz CT molecular complexity index is 455. The minimum absolute atomic E-state index is 0.154. The topological polar surface area (TPSA) is 66.5 Å². The van der Waals surface area contributed by atoms with E-state index in [-0.39, 0.29) is 23.2 Å². The molecule has 1 aromatic carbocycles. The van der Waals surface area contributed by atoms with E-state index in [0.29, 0.717) is 21.3 Å². The van der Waals surface area contributed by atoms with Crippen molar-refractivity contribution in [2.45, 2.75) is 59.0 Å². The Morgan fingerprint density at radius 1 is 1.00 bits per heavy atom. The molecule has 0 saturated heterocycles. The van der Waals surface area contributed by atoms with Crippen molar-refractivity contribution in [2.24, 2.45) is 0 Å². The van der Waals surface area contributed by atoms with E-state index < -0.39 is 0 Å². The summed E-state index contributed by atoms with van der Waals surface area (Å²) in [6, 6.07) is 0. The number of phenols is 1. The highest BCUT2D eigenvalue weighted by Gasteiger charge is 2.32. The van der Waals surface area contributed by atoms with Crippen LogP contribution in [0.4, 0.5) is 5.69 Å². The number of rotatable bonds is 1. The number of halogens is 1. The molecule has 0 heterocycles. The van der Waals surface area contributed by atoms with Gasteiger partial charge in [0.1, 0.15) is 5.75 Å². The number of aromatic hydroxyl groups is 1. The largest absolute Gasteiger partial charge is 0.507 e. The van der Waals surface area contributed by atoms with Gasteiger partial charge in [-0.3, -0.25) is 0 Å². The molecule has 108 valence electrons. The number of nitrogen functional groups attached to an aromatic ring is 1. The molecule has 4 heteroatoms. The molecular weight excluding hydrogens is 306 g/mol. The number of benzene rings is 1. The Morgan fingerprint density at radius 3 is 1.74 bits per heavy atom. The van der Waals surface area contributed by atoms with E-state index in [2.05, 4.69) is 15.9 Å². The van der Waals surface area contributed by atoms with E-state index >= 15 is 0 Å². The van der Waals surface area contributed by atoms with E-state index in [9.17, 15) is 10.2 Å². The van der Waals surface area contributed by atoms with Gasteiger partial charge in [0.05, 0.1) is 6.61 Å². The van der Waals surface area contributed by atoms with Gasteiger partial charge >= 0.3 is 0 Å². The van der Waals surface area contributed by atoms with Crippen molar-refractivity contribution >= 4 is 21.6 Å². The maximum absolute atomic E-state index is 10.7. The zero-order chi connectivity index (χ0) is 15.2. The smallest absolute Gasteiger partial charge is 0.126 e. The minimum Gasteiger partial charge on any atom is -0.507 e. The maximum Gasteiger partial charge on any atom is 0.126 e. The molecule has 0 spiro atoms. The molecule has 0 radical (unpaired) electrons. The van der Waals surface area contributed by atoms with Crippen LogP contribution in [0.2, 0.25) is 0 Å². The van der Waals surface area contributed by atoms with E-state index in [1.807, 2.05) is 41.5 Å². The number of aliphatic hydroxyl groups is 1. The third kappa shape index (κ3) is 2.90. The van der Waals surface area contributed by atoms with Gasteiger partial charge in [-0.1, -0.05) is 41.5 Å². The number of aliphatic hydroxyl groups excluding tert-OH is 1. The first-order valence-corrected chi connectivity index (χ1v) is 7.16. The Kier molecular flexibility index (Phi) is 4.28. The average molecular weight is 330 g/mol. The Morgan fingerprint density at radius 2 is 1.42 bits per heavy atom. The molecular formula is C15H24BrNO2. The molecule has 0 aliphatic heterocycles. The van der Waals surface area contributed by atoms with Crippen molar-refractivity contribution in [1.82, 2.24) is 0 Å². The first-order chi connectivity index (χ1) is 8.42. The van der Waals surface area contributed by atoms with Crippen LogP contribution in [-0.2, 0) is 17.4 Å². The second-order valence-electron chi connectivity index (χ2n) is 6.96. The molecule has 4 N–H and O–H groups in total. The summed E-state index contributed by atoms with van der Waals surface area (Å²) in [7, 11) is 0. The lowest BCUT2D eigenvalue weighted by Gasteiger charge is -2.31. The lowest BCUT2D eigenvalue weighted by Crippen LogP contribution is -2.21. The summed E-state index contributed by atoms with van der Waals surface area (Å²) in [5, 5.41) is 20.2. The summed E-state index contributed by atoms with van der Waals surface area (Å²) in [5.74, 6) is 0.224. The van der Waals surface area contributed by atoms with Gasteiger partial charge in [0.25, 0.3) is 0 Å². The SMILES string of the molecule is CC(C)(C)c1c(N)c(CO)c(Br)c(C(C)(C)C)c1O. The monoisotopic (exact) mass is 329 g/mol. The molecule has 0 bridgehead atoms. The number of hydrogen-bond acceptors (Lipinski definition) is 3. The van der Waals surface area contributed by atoms with Gasteiger partial charge in [0.15, 0.2) is 0 Å². The summed E-state index contributed by atoms with van der Waals surface area (Å²) in [6.45, 7) is 11.9. The lowest BCUT2D eigenvalue weighted by atomic mass is 9.77. The standard InChI is InChI=1S/C15H24BrNO2/c1-14(2,3)9-11(16)8(7-18)12(17)10(13(9)19)15(4,5)6/h18-19H,7,17H2,1-6H3. The third-order valence-corrected chi connectivity index (χ3v) is 4.09. The Labute approximate surface area is 124 Å². The van der Waals surface area contributed by atoms with Crippen LogP contribution in [0.3, 0.4) is 0 Å². The predicted molar refractivity (Wildman–Crippen MR) is 83.5 cm³/mol. The molecule has 0 aliphatic rings. The molecule has 0 unspecified atom stereocenters. The van der Waals surface area contributed by atoms with Gasteiger partial charge in [-0.15, -0.1) is 0 Å². The molecule has 3 nitrogen and oxygen atoms in total. The van der Waals surface area contributed by atoms with E-state index in [1.54, 1.807) is 0 Å². The van der Waals surface area contributed by atoms with Crippen LogP contribution in [0.25, 0.3) is 0 Å². The second kappa shape index (κ2) is 4.98. The van der Waals surface area contributed by atoms with Gasteiger partial charge in [0, 0.05) is 26.9 Å². The lowest BCUT2D eigenvalue weighted by molar-refractivity contribution is 0.280. The first kappa shape index (κ1) is 16.3. The van der Waals surface area contributed by atoms with Crippen molar-refractivity contribution in [2.75, 3.05) is 5.73 Å². The van der Waals surface area contributed by atoms with Gasteiger partial charge in [-0.2, -0.15) is 0 Å². The Balaban J connectivity index is 3.88. The van der Waals surface area contributed by atoms with Gasteiger partial charge in [-0.25, -0.2) is 0 Å². The molecule has 0 atom stereocenters. The zero-order valence-corrected chi connectivity index (χ0v) is 14.1. The predicted octanol–water partition coefficient (Wildman–Crippen LogP) is 3.82. The van der Waals surface area contributed by atoms with Crippen LogP contribution in [0.15, 0.2) is 4.47 Å². The van der Waals surface area contributed by atoms with Crippen molar-refractivity contribution in [3.05, 3.63) is 21.2 Å². The van der Waals surface area contributed by atoms with E-state index in [0.717, 1.165) is 5.56 Å². The summed E-state index contributed by atoms with van der Waals surface area (Å²) in [6.07, 6.45) is 0. The van der Waals surface area contributed by atoms with Crippen LogP contribution in [0, 0.1) is 0 Å². The van der Waals surface area contributed by atoms with Crippen LogP contribution >= 0.6 is 15.9 Å². The molecule has 0 fully saturated rings. The van der Waals surface area contributed by atoms with Crippen molar-refractivity contribution in [3.63, 3.8) is 0 Å². The Hall–Kier alpha value is -0.740. The van der Waals surface area contributed by atoms with Gasteiger partial charge in [-0.05, 0) is 26.8 Å². The summed E-state index contributed by atoms with van der Waals surface area (Å²) in [4.78, 5) is 0. The van der Waals surface area contributed by atoms with Crippen LogP contribution in [0.1, 0.15) is 58.2 Å². The molecule has 0 aromatic heterocycles. The van der Waals surface area contributed by atoms with Gasteiger partial charge < -0.3 is 15.9 Å². The summed E-state index contributed by atoms with van der Waals surface area (Å²) < 4.78 is 0.700. The van der Waals surface area contributed by atoms with Crippen molar-refractivity contribution < 1.29 is 10.2 Å². The third-order valence-electron chi connectivity index (χ3n) is 3.21. The number of nitrogens with two attached hydrogens (primary N) is 1. The summed E-state index contributed by atoms with van der Waals surface area (Å²) >= 11 is 3.48. The molecule has 0 aliphatic carbocycles. The van der Waals surface area contributed by atoms with Crippen molar-refractivity contribution in [1.29, 1.82) is 0 Å².